The number of aliphatic hydroxyl groups excluding tert-OH is 2. The molecular weight excluding hydrogens is 1100 g/mol. The third kappa shape index (κ3) is 13.6. The van der Waals surface area contributed by atoms with Gasteiger partial charge in [0.15, 0.2) is 0 Å². The van der Waals surface area contributed by atoms with Crippen molar-refractivity contribution in [3.05, 3.63) is 163 Å². The zero-order valence-electron chi connectivity index (χ0n) is 43.3. The Morgan fingerprint density at radius 2 is 1.11 bits per heavy atom. The monoisotopic (exact) mass is 1160 g/mol. The first-order valence-corrected chi connectivity index (χ1v) is 27.0. The highest BCUT2D eigenvalue weighted by Crippen LogP contribution is 2.32. The first kappa shape index (κ1) is 57.9. The minimum atomic E-state index is -2.92. The number of hydrogen-bond acceptors (Lipinski definition) is 12. The molecule has 6 aromatic heterocycles. The number of carbonyl (C=O) groups excluding carboxylic acids is 2. The van der Waals surface area contributed by atoms with Crippen LogP contribution in [0.1, 0.15) is 96.3 Å². The number of anilines is 1. The molecule has 0 bridgehead atoms. The lowest BCUT2D eigenvalue weighted by Crippen LogP contribution is -2.39. The van der Waals surface area contributed by atoms with Gasteiger partial charge in [0, 0.05) is 44.1 Å². The number of hydrogen-bond donors (Lipinski definition) is 5. The molecule has 0 radical (unpaired) electrons. The highest BCUT2D eigenvalue weighted by atomic mass is 35.5. The van der Waals surface area contributed by atoms with Gasteiger partial charge in [0.25, 0.3) is 24.7 Å². The molecule has 2 aliphatic carbocycles. The predicted molar refractivity (Wildman–Crippen MR) is 294 cm³/mol. The van der Waals surface area contributed by atoms with Gasteiger partial charge in [-0.15, -0.1) is 0 Å². The number of fused-ring (bicyclic) bond motifs is 2. The summed E-state index contributed by atoms with van der Waals surface area (Å²) in [5, 5.41) is 26.9. The van der Waals surface area contributed by atoms with E-state index in [4.69, 9.17) is 38.2 Å². The Labute approximate surface area is 469 Å². The van der Waals surface area contributed by atoms with Gasteiger partial charge >= 0.3 is 11.4 Å². The molecule has 18 nitrogen and oxygen atoms in total. The van der Waals surface area contributed by atoms with Crippen molar-refractivity contribution in [3.63, 3.8) is 0 Å². The molecule has 81 heavy (non-hydrogen) atoms. The summed E-state index contributed by atoms with van der Waals surface area (Å²) < 4.78 is 79.3. The highest BCUT2D eigenvalue weighted by molar-refractivity contribution is 6.31. The number of nitrogens with one attached hydrogen (secondary N) is 3. The molecule has 2 amide bonds. The smallest absolute Gasteiger partial charge is 0.334 e. The van der Waals surface area contributed by atoms with E-state index in [1.807, 2.05) is 30.3 Å². The van der Waals surface area contributed by atoms with Crippen LogP contribution in [0.2, 0.25) is 10.0 Å². The third-order valence-electron chi connectivity index (χ3n) is 14.4. The molecule has 2 fully saturated rings. The number of nitrogens with zero attached hydrogens (tertiary/aromatic N) is 8. The number of aromatic nitrogens is 8. The molecule has 426 valence electrons. The number of rotatable bonds is 18. The zero-order valence-corrected chi connectivity index (χ0v) is 44.8. The second-order valence-electron chi connectivity index (χ2n) is 19.7. The van der Waals surface area contributed by atoms with Crippen molar-refractivity contribution in [1.29, 1.82) is 0 Å². The molecule has 2 aliphatic rings. The van der Waals surface area contributed by atoms with E-state index in [0.717, 1.165) is 42.0 Å². The molecule has 25 heteroatoms. The lowest BCUT2D eigenvalue weighted by atomic mass is 9.85. The van der Waals surface area contributed by atoms with Crippen LogP contribution < -0.4 is 32.1 Å². The van der Waals surface area contributed by atoms with Gasteiger partial charge in [-0.3, -0.25) is 28.7 Å². The Morgan fingerprint density at radius 3 is 1.59 bits per heavy atom. The van der Waals surface area contributed by atoms with E-state index in [1.54, 1.807) is 33.5 Å². The summed E-state index contributed by atoms with van der Waals surface area (Å²) in [5.41, 5.74) is 1.01. The van der Waals surface area contributed by atoms with E-state index in [-0.39, 0.29) is 76.3 Å². The van der Waals surface area contributed by atoms with Crippen molar-refractivity contribution in [3.8, 4) is 17.4 Å². The van der Waals surface area contributed by atoms with E-state index in [2.05, 4.69) is 35.9 Å². The number of halogens is 7. The third-order valence-corrected chi connectivity index (χ3v) is 14.8. The van der Waals surface area contributed by atoms with Gasteiger partial charge in [-0.1, -0.05) is 35.3 Å². The number of carbonyl (C=O) groups is 2. The summed E-state index contributed by atoms with van der Waals surface area (Å²) in [6.45, 7) is 1.21. The Bertz CT molecular complexity index is 3620. The minimum absolute atomic E-state index is 0.00198. The SMILES string of the molecule is O=C(NC1CCC(Cn2c(=O)n(-c3ccc(NCCO)cn3)c3ccccc32)CC1)c1cc(Cl)cnc1C(F)F.O=C(NC1CCC(Cn2c(=O)n(-c3ccc(OCCO)cn3)c3ccc(F)cc32)CC1)c1cc(Cl)cnc1C(F)F. The Morgan fingerprint density at radius 1 is 0.605 bits per heavy atom. The topological polar surface area (TPSA) is 225 Å². The summed E-state index contributed by atoms with van der Waals surface area (Å²) in [4.78, 5) is 68.7. The molecule has 2 aromatic carbocycles. The number of para-hydroxylation sites is 2. The predicted octanol–water partition coefficient (Wildman–Crippen LogP) is 9.24. The average Bonchev–Trinajstić information content (AvgIpc) is 3.97. The van der Waals surface area contributed by atoms with Crippen molar-refractivity contribution in [2.75, 3.05) is 31.7 Å². The maximum Gasteiger partial charge on any atom is 0.334 e. The van der Waals surface area contributed by atoms with Gasteiger partial charge < -0.3 is 30.9 Å². The van der Waals surface area contributed by atoms with Crippen LogP contribution in [0.4, 0.5) is 27.6 Å². The number of alkyl halides is 4. The summed E-state index contributed by atoms with van der Waals surface area (Å²) in [7, 11) is 0. The van der Waals surface area contributed by atoms with Crippen LogP contribution in [0, 0.1) is 17.7 Å². The largest absolute Gasteiger partial charge is 0.490 e. The van der Waals surface area contributed by atoms with Gasteiger partial charge in [-0.05, 0) is 130 Å². The molecule has 0 saturated heterocycles. The van der Waals surface area contributed by atoms with E-state index in [0.29, 0.717) is 86.6 Å². The van der Waals surface area contributed by atoms with Crippen LogP contribution >= 0.6 is 23.2 Å². The van der Waals surface area contributed by atoms with Crippen molar-refractivity contribution in [2.24, 2.45) is 11.8 Å². The van der Waals surface area contributed by atoms with Gasteiger partial charge in [0.05, 0.1) is 74.5 Å². The number of benzene rings is 2. The summed E-state index contributed by atoms with van der Waals surface area (Å²) in [6.07, 6.45) is 4.76. The number of aliphatic hydroxyl groups is 2. The standard InChI is InChI=1S/C28H27ClF3N5O4.C28H29ClF2N6O3/c29-17-11-21(25(26(31)32)34-13-17)27(39)35-19-4-1-16(2-5-19)15-36-23-12-18(30)3-7-22(23)37(28(36)40)24-8-6-20(14-33-24)41-10-9-38;29-18-13-21(25(26(30)31)34-14-18)27(39)35-19-7-5-17(6-8-19)16-36-22-3-1-2-4-23(22)37(28(36)40)24-10-9-20(15-33-24)32-11-12-38/h3,6-8,11-14,16,19,26,38H,1-2,4-5,9-10,15H2,(H,35,39);1-4,9-10,13-15,17,19,26,32,38H,5-8,11-12,16H2,(H,35,39). The van der Waals surface area contributed by atoms with Crippen LogP contribution in [0.5, 0.6) is 5.75 Å². The lowest BCUT2D eigenvalue weighted by molar-refractivity contribution is 0.0898. The second kappa shape index (κ2) is 26.2. The molecule has 5 N–H and O–H groups in total. The van der Waals surface area contributed by atoms with Crippen LogP contribution in [-0.2, 0) is 13.1 Å². The van der Waals surface area contributed by atoms with E-state index >= 15 is 0 Å². The van der Waals surface area contributed by atoms with Crippen molar-refractivity contribution >= 4 is 62.8 Å². The molecule has 6 heterocycles. The highest BCUT2D eigenvalue weighted by Gasteiger charge is 2.30. The number of amides is 2. The van der Waals surface area contributed by atoms with Crippen molar-refractivity contribution in [1.82, 2.24) is 48.8 Å². The van der Waals surface area contributed by atoms with Crippen LogP contribution in [0.3, 0.4) is 0 Å². The second-order valence-corrected chi connectivity index (χ2v) is 20.6. The molecule has 0 atom stereocenters. The van der Waals surface area contributed by atoms with Crippen LogP contribution in [-0.4, -0.2) is 98.7 Å². The van der Waals surface area contributed by atoms with Gasteiger partial charge in [-0.2, -0.15) is 0 Å². The zero-order chi connectivity index (χ0) is 57.3. The first-order valence-electron chi connectivity index (χ1n) is 26.2. The van der Waals surface area contributed by atoms with Crippen LogP contribution in [0.15, 0.2) is 113 Å². The average molecular weight is 1160 g/mol. The Balaban J connectivity index is 0.000000196. The van der Waals surface area contributed by atoms with Crippen molar-refractivity contribution < 1.29 is 46.5 Å². The summed E-state index contributed by atoms with van der Waals surface area (Å²) >= 11 is 11.8. The lowest BCUT2D eigenvalue weighted by Gasteiger charge is -2.29. The number of imidazole rings is 2. The molecular formula is C56H56Cl2F5N11O7. The molecule has 2 saturated carbocycles. The van der Waals surface area contributed by atoms with E-state index in [1.165, 1.54) is 45.7 Å². The fourth-order valence-corrected chi connectivity index (χ4v) is 10.8. The van der Waals surface area contributed by atoms with Crippen LogP contribution in [0.25, 0.3) is 33.7 Å². The summed E-state index contributed by atoms with van der Waals surface area (Å²) in [5.74, 6) is -0.207. The van der Waals surface area contributed by atoms with Crippen molar-refractivity contribution in [2.45, 2.75) is 89.4 Å². The first-order chi connectivity index (χ1) is 39.1. The van der Waals surface area contributed by atoms with Gasteiger partial charge in [0.2, 0.25) is 0 Å². The molecule has 0 aliphatic heterocycles. The Hall–Kier alpha value is -7.73. The quantitative estimate of drug-likeness (QED) is 0.0507. The van der Waals surface area contributed by atoms with Gasteiger partial charge in [0.1, 0.15) is 41.2 Å². The fraction of sp³-hybridized carbons (Fsp3) is 0.357. The molecule has 10 rings (SSSR count). The molecule has 8 aromatic rings. The Kier molecular flexibility index (Phi) is 18.8. The number of ether oxygens (including phenoxy) is 1. The van der Waals surface area contributed by atoms with E-state index in [9.17, 15) is 41.1 Å². The van der Waals surface area contributed by atoms with E-state index < -0.39 is 41.9 Å². The molecule has 0 spiro atoms. The maximum atomic E-state index is 14.2. The summed E-state index contributed by atoms with van der Waals surface area (Å²) in [6, 6.07) is 20.5. The number of pyridine rings is 4. The maximum absolute atomic E-state index is 14.2. The fourth-order valence-electron chi connectivity index (χ4n) is 10.4. The molecule has 0 unspecified atom stereocenters. The normalized spacial score (nSPS) is 17.3. The minimum Gasteiger partial charge on any atom is -0.490 e. The van der Waals surface area contributed by atoms with Gasteiger partial charge in [-0.25, -0.2) is 50.6 Å².